The van der Waals surface area contributed by atoms with Gasteiger partial charge in [0.25, 0.3) is 0 Å². The van der Waals surface area contributed by atoms with E-state index >= 15 is 0 Å². The van der Waals surface area contributed by atoms with E-state index in [0.717, 1.165) is 25.1 Å². The van der Waals surface area contributed by atoms with Gasteiger partial charge in [-0.25, -0.2) is 0 Å². The first kappa shape index (κ1) is 15.5. The average molecular weight is 298 g/mol. The molecule has 0 fully saturated rings. The van der Waals surface area contributed by atoms with Gasteiger partial charge in [0.05, 0.1) is 0 Å². The average Bonchev–Trinajstić information content (AvgIpc) is 2.50. The highest BCUT2D eigenvalue weighted by Gasteiger charge is 1.97. The maximum absolute atomic E-state index is 5.29. The number of nitrogens with one attached hydrogen (secondary N) is 2. The summed E-state index contributed by atoms with van der Waals surface area (Å²) < 4.78 is 0. The molecule has 110 valence electrons. The summed E-state index contributed by atoms with van der Waals surface area (Å²) >= 11 is 5.29. The third kappa shape index (κ3) is 5.96. The molecule has 0 aromatic heterocycles. The number of hydrogen-bond acceptors (Lipinski definition) is 1. The zero-order valence-corrected chi connectivity index (χ0v) is 13.2. The second-order valence-electron chi connectivity index (χ2n) is 5.19. The molecular weight excluding hydrogens is 276 g/mol. The Balaban J connectivity index is 1.60. The van der Waals surface area contributed by atoms with Gasteiger partial charge >= 0.3 is 0 Å². The van der Waals surface area contributed by atoms with Crippen molar-refractivity contribution in [2.45, 2.75) is 26.2 Å². The normalized spacial score (nSPS) is 10.1. The van der Waals surface area contributed by atoms with Crippen molar-refractivity contribution in [1.29, 1.82) is 0 Å². The van der Waals surface area contributed by atoms with Gasteiger partial charge in [-0.05, 0) is 56.1 Å². The van der Waals surface area contributed by atoms with Crippen LogP contribution in [-0.2, 0) is 6.42 Å². The van der Waals surface area contributed by atoms with Crippen LogP contribution in [0, 0.1) is 6.92 Å². The van der Waals surface area contributed by atoms with Crippen LogP contribution in [0.1, 0.15) is 24.0 Å². The third-order valence-electron chi connectivity index (χ3n) is 3.33. The Kier molecular flexibility index (Phi) is 6.22. The molecule has 2 N–H and O–H groups in total. The van der Waals surface area contributed by atoms with Gasteiger partial charge < -0.3 is 10.6 Å². The number of thiocarbonyl (C=S) groups is 1. The van der Waals surface area contributed by atoms with Gasteiger partial charge in [0, 0.05) is 12.2 Å². The van der Waals surface area contributed by atoms with Crippen molar-refractivity contribution in [3.63, 3.8) is 0 Å². The lowest BCUT2D eigenvalue weighted by atomic mass is 10.1. The predicted octanol–water partition coefficient (Wildman–Crippen LogP) is 4.30. The molecule has 2 nitrogen and oxygen atoms in total. The van der Waals surface area contributed by atoms with E-state index in [1.807, 2.05) is 12.1 Å². The molecule has 21 heavy (non-hydrogen) atoms. The van der Waals surface area contributed by atoms with E-state index in [9.17, 15) is 0 Å². The van der Waals surface area contributed by atoms with Crippen LogP contribution in [0.15, 0.2) is 54.6 Å². The van der Waals surface area contributed by atoms with Gasteiger partial charge in [0.2, 0.25) is 0 Å². The van der Waals surface area contributed by atoms with E-state index in [1.165, 1.54) is 17.5 Å². The number of anilines is 1. The summed E-state index contributed by atoms with van der Waals surface area (Å²) in [6.07, 6.45) is 3.41. The van der Waals surface area contributed by atoms with Crippen LogP contribution in [0.3, 0.4) is 0 Å². The molecule has 0 atom stereocenters. The molecule has 3 heteroatoms. The van der Waals surface area contributed by atoms with Crippen molar-refractivity contribution in [2.75, 3.05) is 11.9 Å². The first-order valence-corrected chi connectivity index (χ1v) is 7.80. The second-order valence-corrected chi connectivity index (χ2v) is 5.60. The van der Waals surface area contributed by atoms with E-state index in [-0.39, 0.29) is 0 Å². The summed E-state index contributed by atoms with van der Waals surface area (Å²) in [5.41, 5.74) is 3.68. The topological polar surface area (TPSA) is 24.1 Å². The molecule has 0 saturated heterocycles. The second kappa shape index (κ2) is 8.42. The summed E-state index contributed by atoms with van der Waals surface area (Å²) in [7, 11) is 0. The van der Waals surface area contributed by atoms with Crippen LogP contribution < -0.4 is 10.6 Å². The van der Waals surface area contributed by atoms with Gasteiger partial charge in [0.15, 0.2) is 5.11 Å². The monoisotopic (exact) mass is 298 g/mol. The van der Waals surface area contributed by atoms with E-state index in [0.29, 0.717) is 5.11 Å². The Morgan fingerprint density at radius 3 is 2.38 bits per heavy atom. The van der Waals surface area contributed by atoms with Gasteiger partial charge in [-0.15, -0.1) is 0 Å². The molecule has 2 aromatic carbocycles. The smallest absolute Gasteiger partial charge is 0.170 e. The summed E-state index contributed by atoms with van der Waals surface area (Å²) in [5.74, 6) is 0. The van der Waals surface area contributed by atoms with Crippen LogP contribution in [0.4, 0.5) is 5.69 Å². The number of aryl methyl sites for hydroxylation is 2. The maximum atomic E-state index is 5.29. The lowest BCUT2D eigenvalue weighted by Crippen LogP contribution is -2.29. The number of benzene rings is 2. The molecule has 0 saturated carbocycles. The summed E-state index contributed by atoms with van der Waals surface area (Å²) in [5, 5.41) is 7.14. The summed E-state index contributed by atoms with van der Waals surface area (Å²) in [4.78, 5) is 0. The van der Waals surface area contributed by atoms with Crippen molar-refractivity contribution in [1.82, 2.24) is 5.32 Å². The molecule has 0 aliphatic rings. The molecule has 0 amide bonds. The predicted molar refractivity (Wildman–Crippen MR) is 94.8 cm³/mol. The molecule has 0 unspecified atom stereocenters. The Bertz CT molecular complexity index is 549. The van der Waals surface area contributed by atoms with Crippen molar-refractivity contribution in [3.8, 4) is 0 Å². The molecule has 0 radical (unpaired) electrons. The van der Waals surface area contributed by atoms with Crippen molar-refractivity contribution in [2.24, 2.45) is 0 Å². The SMILES string of the molecule is Cc1ccc(NC(=S)NCCCCc2ccccc2)cc1. The largest absolute Gasteiger partial charge is 0.362 e. The Morgan fingerprint density at radius 2 is 1.67 bits per heavy atom. The highest BCUT2D eigenvalue weighted by atomic mass is 32.1. The van der Waals surface area contributed by atoms with Crippen molar-refractivity contribution >= 4 is 23.0 Å². The van der Waals surface area contributed by atoms with Gasteiger partial charge in [-0.1, -0.05) is 48.0 Å². The zero-order valence-electron chi connectivity index (χ0n) is 12.4. The van der Waals surface area contributed by atoms with Crippen molar-refractivity contribution in [3.05, 3.63) is 65.7 Å². The van der Waals surface area contributed by atoms with Gasteiger partial charge in [-0.3, -0.25) is 0 Å². The van der Waals surface area contributed by atoms with Crippen LogP contribution in [0.25, 0.3) is 0 Å². The zero-order chi connectivity index (χ0) is 14.9. The molecule has 2 aromatic rings. The lowest BCUT2D eigenvalue weighted by Gasteiger charge is -2.10. The minimum atomic E-state index is 0.693. The summed E-state index contributed by atoms with van der Waals surface area (Å²) in [6.45, 7) is 2.98. The lowest BCUT2D eigenvalue weighted by molar-refractivity contribution is 0.711. The molecule has 0 bridgehead atoms. The molecule has 0 heterocycles. The maximum Gasteiger partial charge on any atom is 0.170 e. The van der Waals surface area contributed by atoms with Gasteiger partial charge in [0.1, 0.15) is 0 Å². The fourth-order valence-corrected chi connectivity index (χ4v) is 2.33. The molecule has 0 spiro atoms. The van der Waals surface area contributed by atoms with E-state index in [1.54, 1.807) is 0 Å². The quantitative estimate of drug-likeness (QED) is 0.614. The minimum absolute atomic E-state index is 0.693. The fraction of sp³-hybridized carbons (Fsp3) is 0.278. The van der Waals surface area contributed by atoms with E-state index in [2.05, 4.69) is 60.0 Å². The molecule has 0 aliphatic carbocycles. The third-order valence-corrected chi connectivity index (χ3v) is 3.58. The Labute approximate surface area is 132 Å². The van der Waals surface area contributed by atoms with Crippen molar-refractivity contribution < 1.29 is 0 Å². The summed E-state index contributed by atoms with van der Waals surface area (Å²) in [6, 6.07) is 18.8. The van der Waals surface area contributed by atoms with Crippen LogP contribution in [0.2, 0.25) is 0 Å². The first-order valence-electron chi connectivity index (χ1n) is 7.39. The van der Waals surface area contributed by atoms with Crippen LogP contribution in [0.5, 0.6) is 0 Å². The standard InChI is InChI=1S/C18H22N2S/c1-15-10-12-17(13-11-15)20-18(21)19-14-6-5-9-16-7-3-2-4-8-16/h2-4,7-8,10-13H,5-6,9,14H2,1H3,(H2,19,20,21). The molecular formula is C18H22N2S. The highest BCUT2D eigenvalue weighted by Crippen LogP contribution is 2.08. The highest BCUT2D eigenvalue weighted by molar-refractivity contribution is 7.80. The van der Waals surface area contributed by atoms with E-state index < -0.39 is 0 Å². The fourth-order valence-electron chi connectivity index (χ4n) is 2.11. The molecule has 0 aliphatic heterocycles. The number of rotatable bonds is 6. The van der Waals surface area contributed by atoms with Gasteiger partial charge in [-0.2, -0.15) is 0 Å². The first-order chi connectivity index (χ1) is 10.2. The number of hydrogen-bond donors (Lipinski definition) is 2. The van der Waals surface area contributed by atoms with Crippen LogP contribution >= 0.6 is 12.2 Å². The Hall–Kier alpha value is -1.87. The van der Waals surface area contributed by atoms with E-state index in [4.69, 9.17) is 12.2 Å². The molecule has 2 rings (SSSR count). The number of unbranched alkanes of at least 4 members (excludes halogenated alkanes) is 1. The minimum Gasteiger partial charge on any atom is -0.362 e. The van der Waals surface area contributed by atoms with Crippen LogP contribution in [-0.4, -0.2) is 11.7 Å². The Morgan fingerprint density at radius 1 is 0.952 bits per heavy atom.